The van der Waals surface area contributed by atoms with Gasteiger partial charge < -0.3 is 10.3 Å². The molecule has 1 aliphatic carbocycles. The lowest BCUT2D eigenvalue weighted by Crippen LogP contribution is -2.30. The van der Waals surface area contributed by atoms with Crippen LogP contribution in [-0.4, -0.2) is 46.0 Å². The summed E-state index contributed by atoms with van der Waals surface area (Å²) in [7, 11) is 0.500. The summed E-state index contributed by atoms with van der Waals surface area (Å²) in [5.74, 6) is -4.36. The number of H-pyrrole nitrogens is 1. The summed E-state index contributed by atoms with van der Waals surface area (Å²) in [6.45, 7) is 1.26. The van der Waals surface area contributed by atoms with E-state index in [-0.39, 0.29) is 23.1 Å². The van der Waals surface area contributed by atoms with Gasteiger partial charge >= 0.3 is 18.0 Å². The number of amides is 1. The summed E-state index contributed by atoms with van der Waals surface area (Å²) < 4.78 is 61.7. The Morgan fingerprint density at radius 3 is 2.61 bits per heavy atom. The molecule has 4 rings (SSSR count). The molecule has 178 valence electrons. The number of nitrogens with one attached hydrogen (secondary N) is 2. The van der Waals surface area contributed by atoms with E-state index in [1.165, 1.54) is 6.20 Å². The molecule has 11 heteroatoms. The number of fused-ring (bicyclic) bond motifs is 1. The molecule has 1 amide bonds. The van der Waals surface area contributed by atoms with Gasteiger partial charge in [-0.2, -0.15) is 0 Å². The molecule has 0 unspecified atom stereocenters. The molecule has 1 fully saturated rings. The summed E-state index contributed by atoms with van der Waals surface area (Å²) in [5, 5.41) is 2.92. The lowest BCUT2D eigenvalue weighted by molar-refractivity contribution is -0.134. The Morgan fingerprint density at radius 1 is 1.27 bits per heavy atom. The van der Waals surface area contributed by atoms with Crippen molar-refractivity contribution in [1.29, 1.82) is 0 Å². The quantitative estimate of drug-likeness (QED) is 0.500. The molecule has 0 radical (unpaired) electrons. The average Bonchev–Trinajstić information content (AvgIpc) is 3.54. The van der Waals surface area contributed by atoms with Gasteiger partial charge in [0.05, 0.1) is 12.7 Å². The predicted octanol–water partition coefficient (Wildman–Crippen LogP) is 4.47. The van der Waals surface area contributed by atoms with E-state index in [1.807, 2.05) is 13.0 Å². The molecule has 0 atom stereocenters. The normalized spacial score (nSPS) is 13.7. The molecule has 0 bridgehead atoms. The van der Waals surface area contributed by atoms with Crippen LogP contribution in [0.4, 0.5) is 22.0 Å². The second-order valence-corrected chi connectivity index (χ2v) is 7.77. The highest BCUT2D eigenvalue weighted by molar-refractivity contribution is 5.96. The number of pyridine rings is 1. The van der Waals surface area contributed by atoms with Gasteiger partial charge in [0, 0.05) is 36.3 Å². The fourth-order valence-electron chi connectivity index (χ4n) is 3.34. The van der Waals surface area contributed by atoms with Crippen molar-refractivity contribution in [3.8, 4) is 11.1 Å². The van der Waals surface area contributed by atoms with E-state index < -0.39 is 31.0 Å². The third-order valence-electron chi connectivity index (χ3n) is 5.32. The number of aromatic amines is 1. The summed E-state index contributed by atoms with van der Waals surface area (Å²) in [6, 6.07) is 7.11. The fourth-order valence-corrected chi connectivity index (χ4v) is 3.34. The molecule has 1 aliphatic rings. The fraction of sp³-hybridized carbons (Fsp3) is 0.409. The van der Waals surface area contributed by atoms with Gasteiger partial charge in [-0.1, -0.05) is 6.07 Å². The van der Waals surface area contributed by atoms with Crippen molar-refractivity contribution in [2.24, 2.45) is 0 Å². The smallest absolute Gasteiger partial charge is 0.327 e. The van der Waals surface area contributed by atoms with Gasteiger partial charge in [0.2, 0.25) is 0 Å². The summed E-state index contributed by atoms with van der Waals surface area (Å²) in [4.78, 5) is 31.3. The van der Waals surface area contributed by atoms with Crippen molar-refractivity contribution in [1.82, 2.24) is 19.9 Å². The minimum absolute atomic E-state index is 0.0964. The molecule has 33 heavy (non-hydrogen) atoms. The van der Waals surface area contributed by atoms with Gasteiger partial charge in [0.1, 0.15) is 0 Å². The molecular weight excluding hydrogens is 447 g/mol. The zero-order valence-corrected chi connectivity index (χ0v) is 18.0. The van der Waals surface area contributed by atoms with Crippen molar-refractivity contribution >= 4 is 17.1 Å². The topological polar surface area (TPSA) is 79.8 Å². The Hall–Kier alpha value is -3.24. The number of imidazole rings is 1. The van der Waals surface area contributed by atoms with E-state index in [0.29, 0.717) is 18.3 Å². The second-order valence-electron chi connectivity index (χ2n) is 7.77. The highest BCUT2D eigenvalue weighted by Crippen LogP contribution is 2.29. The maximum absolute atomic E-state index is 13.3. The Morgan fingerprint density at radius 2 is 1.97 bits per heavy atom. The lowest BCUT2D eigenvalue weighted by Gasteiger charge is -2.15. The number of alkyl halides is 5. The number of aryl methyl sites for hydroxylation is 2. The lowest BCUT2D eigenvalue weighted by atomic mass is 9.99. The number of carbonyl (C=O) groups is 1. The Kier molecular flexibility index (Phi) is 7.19. The van der Waals surface area contributed by atoms with E-state index in [0.717, 1.165) is 28.5 Å². The van der Waals surface area contributed by atoms with Crippen molar-refractivity contribution in [3.05, 3.63) is 52.1 Å². The van der Waals surface area contributed by atoms with Crippen LogP contribution in [0.1, 0.15) is 35.2 Å². The summed E-state index contributed by atoms with van der Waals surface area (Å²) >= 11 is 0. The van der Waals surface area contributed by atoms with E-state index in [1.54, 1.807) is 18.2 Å². The number of benzene rings is 1. The molecule has 0 spiro atoms. The van der Waals surface area contributed by atoms with Crippen LogP contribution in [0.2, 0.25) is 0 Å². The highest BCUT2D eigenvalue weighted by Gasteiger charge is 2.40. The Balaban J connectivity index is 0.00000149. The summed E-state index contributed by atoms with van der Waals surface area (Å²) in [6.07, 6.45) is -1.59. The molecule has 2 heterocycles. The van der Waals surface area contributed by atoms with Crippen molar-refractivity contribution in [2.75, 3.05) is 7.18 Å². The van der Waals surface area contributed by atoms with E-state index in [2.05, 4.69) is 15.3 Å². The Bertz CT molecular complexity index is 1200. The largest absolute Gasteiger partial charge is 0.349 e. The number of nitrogens with zero attached hydrogens (tertiary/aromatic N) is 2. The van der Waals surface area contributed by atoms with E-state index in [9.17, 15) is 31.5 Å². The molecule has 2 aromatic heterocycles. The monoisotopic (exact) mass is 470 g/mol. The summed E-state index contributed by atoms with van der Waals surface area (Å²) in [5.41, 5.74) is 2.40. The molecule has 0 aliphatic heterocycles. The predicted molar refractivity (Wildman–Crippen MR) is 114 cm³/mol. The molecule has 2 N–H and O–H groups in total. The maximum Gasteiger partial charge on any atom is 0.327 e. The van der Waals surface area contributed by atoms with Gasteiger partial charge in [-0.05, 0) is 49.1 Å². The standard InChI is InChI=1S/C21H20F4N4O2.CH3F/c1-11-2-3-12(18(30)27-14-4-5-14)8-15(11)13-9-16-17(26-10-13)29(20(31)28-16)7-6-21(24,25)19(22)23;1-2/h2-3,8-10,14,19H,4-7H2,1H3,(H,27,30)(H,28,31);1H3. The minimum Gasteiger partial charge on any atom is -0.349 e. The van der Waals surface area contributed by atoms with Crippen LogP contribution >= 0.6 is 0 Å². The number of hydrogen-bond donors (Lipinski definition) is 2. The molecule has 0 saturated heterocycles. The first-order valence-corrected chi connectivity index (χ1v) is 10.2. The van der Waals surface area contributed by atoms with Crippen LogP contribution in [-0.2, 0) is 6.54 Å². The first kappa shape index (κ1) is 24.4. The molecule has 1 aromatic carbocycles. The van der Waals surface area contributed by atoms with Crippen LogP contribution in [0.5, 0.6) is 0 Å². The SMILES string of the molecule is CF.Cc1ccc(C(=O)NC2CC2)cc1-c1cnc2c(c1)[nH]c(=O)n2CCC(F)(F)C(F)F. The third-order valence-corrected chi connectivity index (χ3v) is 5.32. The average molecular weight is 470 g/mol. The molecular formula is C22H23F5N4O2. The maximum atomic E-state index is 13.3. The van der Waals surface area contributed by atoms with Gasteiger partial charge in [-0.3, -0.25) is 13.8 Å². The zero-order chi connectivity index (χ0) is 24.3. The van der Waals surface area contributed by atoms with Crippen LogP contribution in [0.25, 0.3) is 22.3 Å². The van der Waals surface area contributed by atoms with Crippen LogP contribution in [0.3, 0.4) is 0 Å². The minimum atomic E-state index is -4.19. The first-order chi connectivity index (χ1) is 15.7. The van der Waals surface area contributed by atoms with Crippen molar-refractivity contribution in [3.63, 3.8) is 0 Å². The highest BCUT2D eigenvalue weighted by atomic mass is 19.3. The molecule has 1 saturated carbocycles. The van der Waals surface area contributed by atoms with Gasteiger partial charge in [0.25, 0.3) is 5.91 Å². The first-order valence-electron chi connectivity index (χ1n) is 10.2. The second kappa shape index (κ2) is 9.72. The van der Waals surface area contributed by atoms with E-state index in [4.69, 9.17) is 0 Å². The van der Waals surface area contributed by atoms with Crippen LogP contribution in [0, 0.1) is 6.92 Å². The number of hydrogen-bond acceptors (Lipinski definition) is 3. The number of aromatic nitrogens is 3. The van der Waals surface area contributed by atoms with Crippen LogP contribution < -0.4 is 11.0 Å². The third kappa shape index (κ3) is 5.40. The number of rotatable bonds is 7. The Labute approximate surface area is 185 Å². The molecule has 3 aromatic rings. The van der Waals surface area contributed by atoms with E-state index >= 15 is 0 Å². The van der Waals surface area contributed by atoms with Crippen molar-refractivity contribution in [2.45, 2.75) is 51.1 Å². The molecule has 6 nitrogen and oxygen atoms in total. The van der Waals surface area contributed by atoms with Gasteiger partial charge in [-0.15, -0.1) is 0 Å². The van der Waals surface area contributed by atoms with Gasteiger partial charge in [-0.25, -0.2) is 27.3 Å². The number of halogens is 5. The van der Waals surface area contributed by atoms with Gasteiger partial charge in [0.15, 0.2) is 5.65 Å². The van der Waals surface area contributed by atoms with Crippen molar-refractivity contribution < 1.29 is 26.7 Å². The zero-order valence-electron chi connectivity index (χ0n) is 18.0. The number of carbonyl (C=O) groups excluding carboxylic acids is 1. The van der Waals surface area contributed by atoms with Crippen LogP contribution in [0.15, 0.2) is 35.3 Å².